The molecule has 33 heavy (non-hydrogen) atoms. The second-order valence-corrected chi connectivity index (χ2v) is 7.83. The fourth-order valence-corrected chi connectivity index (χ4v) is 4.07. The monoisotopic (exact) mass is 440 g/mol. The van der Waals surface area contributed by atoms with Gasteiger partial charge in [-0.15, -0.1) is 0 Å². The van der Waals surface area contributed by atoms with Gasteiger partial charge in [-0.3, -0.25) is 4.99 Å². The molecule has 0 amide bonds. The molecule has 0 saturated carbocycles. The number of aliphatic carboxylic acids is 1. The number of halogens is 1. The minimum Gasteiger partial charge on any atom is -0.479 e. The van der Waals surface area contributed by atoms with E-state index >= 15 is 0 Å². The van der Waals surface area contributed by atoms with Crippen molar-refractivity contribution >= 4 is 34.5 Å². The zero-order chi connectivity index (χ0) is 22.9. The van der Waals surface area contributed by atoms with E-state index in [4.69, 9.17) is 4.98 Å². The second kappa shape index (κ2) is 8.35. The summed E-state index contributed by atoms with van der Waals surface area (Å²) >= 11 is 0. The number of carbonyl (C=O) groups is 1. The van der Waals surface area contributed by atoms with Crippen LogP contribution in [-0.4, -0.2) is 35.4 Å². The van der Waals surface area contributed by atoms with Crippen LogP contribution in [0.15, 0.2) is 71.7 Å². The summed E-state index contributed by atoms with van der Waals surface area (Å²) in [4.78, 5) is 20.8. The van der Waals surface area contributed by atoms with E-state index < -0.39 is 17.8 Å². The Morgan fingerprint density at radius 1 is 1.06 bits per heavy atom. The Morgan fingerprint density at radius 3 is 2.61 bits per heavy atom. The Labute approximate surface area is 189 Å². The fraction of sp³-hybridized carbons (Fsp3) is 0.115. The van der Waals surface area contributed by atoms with Crippen molar-refractivity contribution in [1.82, 2.24) is 4.98 Å². The van der Waals surface area contributed by atoms with Crippen molar-refractivity contribution in [3.05, 3.63) is 78.1 Å². The lowest BCUT2D eigenvalue weighted by Gasteiger charge is -2.18. The molecule has 3 aromatic carbocycles. The number of pyridine rings is 1. The van der Waals surface area contributed by atoms with Crippen LogP contribution in [0.5, 0.6) is 0 Å². The van der Waals surface area contributed by atoms with Gasteiger partial charge >= 0.3 is 5.97 Å². The number of aliphatic imine (C=N–C) groups is 1. The maximum absolute atomic E-state index is 14.0. The summed E-state index contributed by atoms with van der Waals surface area (Å²) in [5, 5.41) is 16.2. The van der Waals surface area contributed by atoms with Gasteiger partial charge in [-0.2, -0.15) is 0 Å². The largest absolute Gasteiger partial charge is 0.479 e. The Morgan fingerprint density at radius 2 is 1.85 bits per heavy atom. The molecule has 1 aliphatic rings. The Hall–Kier alpha value is -4.26. The van der Waals surface area contributed by atoms with Gasteiger partial charge < -0.3 is 15.7 Å². The maximum atomic E-state index is 14.0. The molecule has 4 aromatic rings. The summed E-state index contributed by atoms with van der Waals surface area (Å²) in [5.41, 5.74) is 6.60. The van der Waals surface area contributed by atoms with Crippen LogP contribution in [0.4, 0.5) is 15.8 Å². The van der Waals surface area contributed by atoms with Crippen molar-refractivity contribution in [1.29, 1.82) is 0 Å². The molecule has 0 radical (unpaired) electrons. The summed E-state index contributed by atoms with van der Waals surface area (Å²) < 4.78 is 14.0. The quantitative estimate of drug-likeness (QED) is 0.406. The fourth-order valence-electron chi connectivity index (χ4n) is 4.07. The highest BCUT2D eigenvalue weighted by molar-refractivity contribution is 6.03. The minimum absolute atomic E-state index is 0.243. The molecule has 1 aromatic heterocycles. The molecular formula is C26H21FN4O2. The summed E-state index contributed by atoms with van der Waals surface area (Å²) in [6, 6.07) is 19.5. The molecule has 1 unspecified atom stereocenters. The van der Waals surface area contributed by atoms with Gasteiger partial charge in [-0.05, 0) is 41.5 Å². The van der Waals surface area contributed by atoms with Crippen molar-refractivity contribution in [2.24, 2.45) is 4.99 Å². The molecule has 0 aliphatic carbocycles. The van der Waals surface area contributed by atoms with E-state index in [1.54, 1.807) is 6.07 Å². The molecule has 0 bridgehead atoms. The maximum Gasteiger partial charge on any atom is 0.331 e. The number of benzene rings is 3. The van der Waals surface area contributed by atoms with Crippen LogP contribution < -0.4 is 10.6 Å². The summed E-state index contributed by atoms with van der Waals surface area (Å²) in [6.45, 7) is 0.243. The Kier molecular flexibility index (Phi) is 5.22. The first-order chi connectivity index (χ1) is 16.0. The van der Waals surface area contributed by atoms with Gasteiger partial charge in [-0.1, -0.05) is 36.4 Å². The molecule has 5 rings (SSSR count). The molecule has 7 heteroatoms. The van der Waals surface area contributed by atoms with Crippen LogP contribution in [0.2, 0.25) is 0 Å². The Bertz CT molecular complexity index is 1400. The number of hydrogen-bond acceptors (Lipinski definition) is 5. The van der Waals surface area contributed by atoms with E-state index in [9.17, 15) is 14.3 Å². The van der Waals surface area contributed by atoms with E-state index in [1.807, 2.05) is 43.4 Å². The van der Waals surface area contributed by atoms with E-state index in [0.29, 0.717) is 22.3 Å². The number of carboxylic acids is 1. The number of fused-ring (bicyclic) bond motifs is 3. The number of nitrogens with zero attached hydrogens (tertiary/aromatic N) is 2. The second-order valence-electron chi connectivity index (χ2n) is 7.83. The van der Waals surface area contributed by atoms with E-state index in [2.05, 4.69) is 27.8 Å². The van der Waals surface area contributed by atoms with Gasteiger partial charge in [0.05, 0.1) is 23.4 Å². The number of anilines is 2. The first kappa shape index (κ1) is 20.6. The van der Waals surface area contributed by atoms with Gasteiger partial charge in [0.25, 0.3) is 0 Å². The number of aromatic nitrogens is 1. The van der Waals surface area contributed by atoms with Gasteiger partial charge in [0.15, 0.2) is 6.04 Å². The zero-order valence-electron chi connectivity index (χ0n) is 17.8. The number of nitrogens with one attached hydrogen (secondary N) is 2. The summed E-state index contributed by atoms with van der Waals surface area (Å²) in [7, 11) is 1.89. The lowest BCUT2D eigenvalue weighted by molar-refractivity contribution is -0.136. The predicted octanol–water partition coefficient (Wildman–Crippen LogP) is 5.20. The van der Waals surface area contributed by atoms with Crippen molar-refractivity contribution in [2.75, 3.05) is 17.7 Å². The third-order valence-electron chi connectivity index (χ3n) is 5.76. The van der Waals surface area contributed by atoms with Crippen LogP contribution in [0.25, 0.3) is 33.3 Å². The minimum atomic E-state index is -1.05. The normalized spacial score (nSPS) is 14.9. The number of hydrogen-bond donors (Lipinski definition) is 3. The first-order valence-corrected chi connectivity index (χ1v) is 10.5. The van der Waals surface area contributed by atoms with Gasteiger partial charge in [-0.25, -0.2) is 14.2 Å². The highest BCUT2D eigenvalue weighted by Crippen LogP contribution is 2.37. The average Bonchev–Trinajstić information content (AvgIpc) is 3.07. The lowest BCUT2D eigenvalue weighted by atomic mass is 9.98. The van der Waals surface area contributed by atoms with Crippen molar-refractivity contribution in [3.63, 3.8) is 0 Å². The van der Waals surface area contributed by atoms with Crippen LogP contribution in [-0.2, 0) is 11.3 Å². The van der Waals surface area contributed by atoms with Crippen LogP contribution >= 0.6 is 0 Å². The van der Waals surface area contributed by atoms with Crippen LogP contribution in [0.1, 0.15) is 5.56 Å². The van der Waals surface area contributed by atoms with Crippen molar-refractivity contribution in [3.8, 4) is 22.4 Å². The SMILES string of the molecule is CNc1cccc(-c2ccc(-c3nc4ccc(F)cc4c4c3CN=CC(C(=O)O)N4)cc2)c1. The van der Waals surface area contributed by atoms with Crippen LogP contribution in [0.3, 0.4) is 0 Å². The molecule has 3 N–H and O–H groups in total. The van der Waals surface area contributed by atoms with E-state index in [-0.39, 0.29) is 6.54 Å². The molecule has 6 nitrogen and oxygen atoms in total. The molecule has 2 heterocycles. The zero-order valence-corrected chi connectivity index (χ0v) is 17.8. The highest BCUT2D eigenvalue weighted by Gasteiger charge is 2.24. The predicted molar refractivity (Wildman–Crippen MR) is 129 cm³/mol. The topological polar surface area (TPSA) is 86.6 Å². The van der Waals surface area contributed by atoms with Gasteiger partial charge in [0, 0.05) is 35.5 Å². The van der Waals surface area contributed by atoms with E-state index in [1.165, 1.54) is 18.3 Å². The molecule has 0 spiro atoms. The lowest BCUT2D eigenvalue weighted by Crippen LogP contribution is -2.30. The molecular weight excluding hydrogens is 419 g/mol. The third kappa shape index (κ3) is 3.89. The molecule has 164 valence electrons. The van der Waals surface area contributed by atoms with Crippen molar-refractivity contribution in [2.45, 2.75) is 12.6 Å². The van der Waals surface area contributed by atoms with Crippen LogP contribution in [0, 0.1) is 5.82 Å². The molecule has 1 aliphatic heterocycles. The highest BCUT2D eigenvalue weighted by atomic mass is 19.1. The Balaban J connectivity index is 1.64. The molecule has 1 atom stereocenters. The smallest absolute Gasteiger partial charge is 0.331 e. The molecule has 0 saturated heterocycles. The standard InChI is InChI=1S/C26H21FN4O2/c1-28-19-4-2-3-17(11-19)15-5-7-16(8-6-15)24-21-13-29-14-23(26(32)33)31-25(21)20-12-18(27)9-10-22(20)30-24/h2-12,14,23,28,31H,13H2,1H3,(H,32,33). The molecule has 0 fully saturated rings. The summed E-state index contributed by atoms with van der Waals surface area (Å²) in [6.07, 6.45) is 1.37. The summed E-state index contributed by atoms with van der Waals surface area (Å²) in [5.74, 6) is -1.46. The first-order valence-electron chi connectivity index (χ1n) is 10.5. The van der Waals surface area contributed by atoms with Crippen molar-refractivity contribution < 1.29 is 14.3 Å². The average molecular weight is 440 g/mol. The van der Waals surface area contributed by atoms with Gasteiger partial charge in [0.1, 0.15) is 5.82 Å². The number of rotatable bonds is 4. The number of carboxylic acid groups (broad SMARTS) is 1. The van der Waals surface area contributed by atoms with Gasteiger partial charge in [0.2, 0.25) is 0 Å². The third-order valence-corrected chi connectivity index (χ3v) is 5.76. The van der Waals surface area contributed by atoms with E-state index in [0.717, 1.165) is 27.9 Å².